The minimum absolute atomic E-state index is 0.0477. The van der Waals surface area contributed by atoms with E-state index in [2.05, 4.69) is 15.5 Å². The SMILES string of the molecule is OCc1cc(Cl)ccc1Sc1nnnn1C1CCCC1. The highest BCUT2D eigenvalue weighted by Crippen LogP contribution is 2.35. The quantitative estimate of drug-likeness (QED) is 0.940. The maximum absolute atomic E-state index is 9.42. The lowest BCUT2D eigenvalue weighted by Crippen LogP contribution is -2.08. The molecule has 0 bridgehead atoms. The predicted octanol–water partition coefficient (Wildman–Crippen LogP) is 3.09. The van der Waals surface area contributed by atoms with E-state index in [-0.39, 0.29) is 6.61 Å². The summed E-state index contributed by atoms with van der Waals surface area (Å²) < 4.78 is 1.91. The van der Waals surface area contributed by atoms with Crippen LogP contribution in [-0.2, 0) is 6.61 Å². The molecule has 0 saturated heterocycles. The first-order valence-corrected chi connectivity index (χ1v) is 7.82. The fourth-order valence-electron chi connectivity index (χ4n) is 2.50. The van der Waals surface area contributed by atoms with Crippen molar-refractivity contribution in [2.45, 2.75) is 48.4 Å². The van der Waals surface area contributed by atoms with Gasteiger partial charge in [-0.15, -0.1) is 5.10 Å². The highest BCUT2D eigenvalue weighted by atomic mass is 35.5. The van der Waals surface area contributed by atoms with Gasteiger partial charge in [-0.25, -0.2) is 4.68 Å². The normalized spacial score (nSPS) is 15.9. The van der Waals surface area contributed by atoms with Crippen LogP contribution in [0.2, 0.25) is 5.02 Å². The van der Waals surface area contributed by atoms with Crippen molar-refractivity contribution in [3.8, 4) is 0 Å². The van der Waals surface area contributed by atoms with Crippen molar-refractivity contribution in [3.63, 3.8) is 0 Å². The van der Waals surface area contributed by atoms with Crippen molar-refractivity contribution >= 4 is 23.4 Å². The zero-order chi connectivity index (χ0) is 13.9. The lowest BCUT2D eigenvalue weighted by Gasteiger charge is -2.12. The highest BCUT2D eigenvalue weighted by Gasteiger charge is 2.22. The van der Waals surface area contributed by atoms with Crippen LogP contribution in [0.15, 0.2) is 28.3 Å². The summed E-state index contributed by atoms with van der Waals surface area (Å²) >= 11 is 7.42. The molecule has 1 fully saturated rings. The van der Waals surface area contributed by atoms with E-state index in [0.717, 1.165) is 28.5 Å². The molecule has 0 unspecified atom stereocenters. The van der Waals surface area contributed by atoms with Crippen LogP contribution >= 0.6 is 23.4 Å². The number of benzene rings is 1. The molecule has 1 aliphatic rings. The fourth-order valence-corrected chi connectivity index (χ4v) is 3.64. The molecule has 1 N–H and O–H groups in total. The van der Waals surface area contributed by atoms with E-state index in [0.29, 0.717) is 11.1 Å². The van der Waals surface area contributed by atoms with Gasteiger partial charge >= 0.3 is 0 Å². The van der Waals surface area contributed by atoms with Gasteiger partial charge in [0.25, 0.3) is 0 Å². The second-order valence-corrected chi connectivity index (χ2v) is 6.30. The van der Waals surface area contributed by atoms with Gasteiger partial charge in [0.15, 0.2) is 0 Å². The zero-order valence-electron chi connectivity index (χ0n) is 10.9. The van der Waals surface area contributed by atoms with Crippen molar-refractivity contribution in [2.75, 3.05) is 0 Å². The molecule has 1 aromatic heterocycles. The van der Waals surface area contributed by atoms with Crippen molar-refractivity contribution in [2.24, 2.45) is 0 Å². The van der Waals surface area contributed by atoms with E-state index < -0.39 is 0 Å². The van der Waals surface area contributed by atoms with Crippen LogP contribution in [0.4, 0.5) is 0 Å². The van der Waals surface area contributed by atoms with Crippen LogP contribution < -0.4 is 0 Å². The molecule has 1 aliphatic carbocycles. The average molecular weight is 311 g/mol. The molecule has 0 aliphatic heterocycles. The number of aromatic nitrogens is 4. The number of hydrogen-bond donors (Lipinski definition) is 1. The molecule has 1 heterocycles. The Balaban J connectivity index is 1.86. The molecule has 106 valence electrons. The van der Waals surface area contributed by atoms with Crippen LogP contribution in [0.25, 0.3) is 0 Å². The van der Waals surface area contributed by atoms with Gasteiger partial charge in [-0.2, -0.15) is 0 Å². The van der Waals surface area contributed by atoms with Crippen molar-refractivity contribution < 1.29 is 5.11 Å². The summed E-state index contributed by atoms with van der Waals surface area (Å²) in [7, 11) is 0. The molecule has 0 radical (unpaired) electrons. The maximum atomic E-state index is 9.42. The van der Waals surface area contributed by atoms with E-state index in [4.69, 9.17) is 11.6 Å². The average Bonchev–Trinajstić information content (AvgIpc) is 3.11. The Kier molecular flexibility index (Phi) is 4.24. The van der Waals surface area contributed by atoms with Crippen molar-refractivity contribution in [1.29, 1.82) is 0 Å². The minimum atomic E-state index is -0.0477. The summed E-state index contributed by atoms with van der Waals surface area (Å²) in [5, 5.41) is 22.8. The predicted molar refractivity (Wildman–Crippen MR) is 76.8 cm³/mol. The van der Waals surface area contributed by atoms with E-state index in [1.54, 1.807) is 6.07 Å². The molecule has 5 nitrogen and oxygen atoms in total. The second kappa shape index (κ2) is 6.11. The van der Waals surface area contributed by atoms with Crippen molar-refractivity contribution in [3.05, 3.63) is 28.8 Å². The monoisotopic (exact) mass is 310 g/mol. The number of hydrogen-bond acceptors (Lipinski definition) is 5. The molecule has 7 heteroatoms. The topological polar surface area (TPSA) is 63.8 Å². The Morgan fingerprint density at radius 1 is 1.35 bits per heavy atom. The molecular formula is C13H15ClN4OS. The van der Waals surface area contributed by atoms with E-state index in [1.807, 2.05) is 16.8 Å². The summed E-state index contributed by atoms with van der Waals surface area (Å²) in [6, 6.07) is 5.88. The molecule has 0 spiro atoms. The third-order valence-electron chi connectivity index (χ3n) is 3.53. The van der Waals surface area contributed by atoms with Gasteiger partial charge in [-0.3, -0.25) is 0 Å². The first kappa shape index (κ1) is 13.9. The molecule has 1 aromatic carbocycles. The number of rotatable bonds is 4. The van der Waals surface area contributed by atoms with Gasteiger partial charge in [0.05, 0.1) is 12.6 Å². The van der Waals surface area contributed by atoms with Crippen LogP contribution in [0.1, 0.15) is 37.3 Å². The molecule has 0 amide bonds. The summed E-state index contributed by atoms with van der Waals surface area (Å²) in [4.78, 5) is 0.936. The Morgan fingerprint density at radius 3 is 2.90 bits per heavy atom. The van der Waals surface area contributed by atoms with Crippen LogP contribution in [0.3, 0.4) is 0 Å². The van der Waals surface area contributed by atoms with Gasteiger partial charge in [0, 0.05) is 9.92 Å². The molecular weight excluding hydrogens is 296 g/mol. The third kappa shape index (κ3) is 2.82. The molecule has 2 aromatic rings. The minimum Gasteiger partial charge on any atom is -0.392 e. The molecule has 0 atom stereocenters. The van der Waals surface area contributed by atoms with E-state index >= 15 is 0 Å². The largest absolute Gasteiger partial charge is 0.392 e. The van der Waals surface area contributed by atoms with E-state index in [9.17, 15) is 5.11 Å². The summed E-state index contributed by atoms with van der Waals surface area (Å²) in [6.07, 6.45) is 4.73. The van der Waals surface area contributed by atoms with Gasteiger partial charge in [0.1, 0.15) is 0 Å². The molecule has 3 rings (SSSR count). The Labute approximate surface area is 126 Å². The lowest BCUT2D eigenvalue weighted by molar-refractivity contribution is 0.279. The number of nitrogens with zero attached hydrogens (tertiary/aromatic N) is 4. The Hall–Kier alpha value is -1.11. The standard InChI is InChI=1S/C13H15ClN4OS/c14-10-5-6-12(9(7-10)8-19)20-13-15-16-17-18(13)11-3-1-2-4-11/h5-7,11,19H,1-4,8H2. The Bertz CT molecular complexity index is 598. The molecule has 1 saturated carbocycles. The third-order valence-corrected chi connectivity index (χ3v) is 4.83. The van der Waals surface area contributed by atoms with Gasteiger partial charge in [0.2, 0.25) is 5.16 Å². The maximum Gasteiger partial charge on any atom is 0.214 e. The fraction of sp³-hybridized carbons (Fsp3) is 0.462. The number of halogens is 1. The molecule has 20 heavy (non-hydrogen) atoms. The smallest absolute Gasteiger partial charge is 0.214 e. The number of tetrazole rings is 1. The lowest BCUT2D eigenvalue weighted by atomic mass is 10.2. The van der Waals surface area contributed by atoms with Gasteiger partial charge in [-0.05, 0) is 58.8 Å². The summed E-state index contributed by atoms with van der Waals surface area (Å²) in [6.45, 7) is -0.0477. The zero-order valence-corrected chi connectivity index (χ0v) is 12.4. The Morgan fingerprint density at radius 2 is 2.15 bits per heavy atom. The summed E-state index contributed by atoms with van der Waals surface area (Å²) in [5.74, 6) is 0. The van der Waals surface area contributed by atoms with Gasteiger partial charge in [-0.1, -0.05) is 24.4 Å². The first-order chi connectivity index (χ1) is 9.78. The van der Waals surface area contributed by atoms with Crippen molar-refractivity contribution in [1.82, 2.24) is 20.2 Å². The van der Waals surface area contributed by atoms with Gasteiger partial charge < -0.3 is 5.11 Å². The van der Waals surface area contributed by atoms with Crippen LogP contribution in [0, 0.1) is 0 Å². The highest BCUT2D eigenvalue weighted by molar-refractivity contribution is 7.99. The van der Waals surface area contributed by atoms with Crippen LogP contribution in [0.5, 0.6) is 0 Å². The van der Waals surface area contributed by atoms with E-state index in [1.165, 1.54) is 24.6 Å². The van der Waals surface area contributed by atoms with Crippen LogP contribution in [-0.4, -0.2) is 25.3 Å². The summed E-state index contributed by atoms with van der Waals surface area (Å²) in [5.41, 5.74) is 0.795. The number of aliphatic hydroxyl groups excluding tert-OH is 1. The number of aliphatic hydroxyl groups is 1. The first-order valence-electron chi connectivity index (χ1n) is 6.63. The second-order valence-electron chi connectivity index (χ2n) is 4.86.